The van der Waals surface area contributed by atoms with Crippen molar-refractivity contribution in [3.63, 3.8) is 0 Å². The molecule has 0 saturated heterocycles. The van der Waals surface area contributed by atoms with E-state index >= 15 is 0 Å². The van der Waals surface area contributed by atoms with Crippen LogP contribution >= 0.6 is 22.9 Å². The van der Waals surface area contributed by atoms with E-state index in [1.54, 1.807) is 30.5 Å². The zero-order chi connectivity index (χ0) is 17.4. The second kappa shape index (κ2) is 6.19. The molecule has 1 N–H and O–H groups in total. The Hall–Kier alpha value is -2.90. The van der Waals surface area contributed by atoms with Crippen molar-refractivity contribution in [3.05, 3.63) is 69.2 Å². The molecular formula is C17H10ClN3O3S. The highest BCUT2D eigenvalue weighted by Gasteiger charge is 2.14. The summed E-state index contributed by atoms with van der Waals surface area (Å²) in [7, 11) is 0. The molecule has 0 amide bonds. The number of nitrogens with zero attached hydrogens (tertiary/aromatic N) is 3. The number of halogens is 1. The monoisotopic (exact) mass is 371 g/mol. The van der Waals surface area contributed by atoms with E-state index in [0.29, 0.717) is 32.1 Å². The number of phenols is 1. The highest BCUT2D eigenvalue weighted by atomic mass is 35.5. The molecule has 25 heavy (non-hydrogen) atoms. The van der Waals surface area contributed by atoms with Crippen molar-refractivity contribution in [2.45, 2.75) is 0 Å². The van der Waals surface area contributed by atoms with Gasteiger partial charge in [0.2, 0.25) is 0 Å². The Bertz CT molecular complexity index is 1150. The maximum atomic E-state index is 12.8. The van der Waals surface area contributed by atoms with Crippen LogP contribution in [-0.2, 0) is 0 Å². The van der Waals surface area contributed by atoms with Gasteiger partial charge in [-0.05, 0) is 30.3 Å². The molecule has 0 unspecified atom stereocenters. The molecule has 0 radical (unpaired) electrons. The topological polar surface area (TPSA) is 80.6 Å². The number of hydrogen-bond acceptors (Lipinski definition) is 6. The van der Waals surface area contributed by atoms with Gasteiger partial charge in [-0.25, -0.2) is 4.98 Å². The van der Waals surface area contributed by atoms with Gasteiger partial charge in [0.05, 0.1) is 17.9 Å². The van der Waals surface area contributed by atoms with Gasteiger partial charge in [-0.15, -0.1) is 11.3 Å². The third kappa shape index (κ3) is 2.84. The van der Waals surface area contributed by atoms with Crippen LogP contribution in [0, 0.1) is 0 Å². The largest absolute Gasteiger partial charge is 0.507 e. The maximum Gasteiger partial charge on any atom is 0.283 e. The zero-order valence-electron chi connectivity index (χ0n) is 12.6. The van der Waals surface area contributed by atoms with Crippen molar-refractivity contribution < 1.29 is 9.52 Å². The van der Waals surface area contributed by atoms with Crippen LogP contribution < -0.4 is 5.56 Å². The first-order valence-electron chi connectivity index (χ1n) is 7.19. The lowest BCUT2D eigenvalue weighted by molar-refractivity contribution is 0.474. The van der Waals surface area contributed by atoms with E-state index in [-0.39, 0.29) is 11.3 Å². The van der Waals surface area contributed by atoms with Crippen LogP contribution in [0.25, 0.3) is 21.5 Å². The molecule has 4 rings (SSSR count). The lowest BCUT2D eigenvalue weighted by Crippen LogP contribution is -2.16. The number of hydrogen-bond donors (Lipinski definition) is 1. The Labute approximate surface area is 150 Å². The summed E-state index contributed by atoms with van der Waals surface area (Å²) in [6.07, 6.45) is 4.24. The van der Waals surface area contributed by atoms with Crippen LogP contribution in [0.1, 0.15) is 5.56 Å². The summed E-state index contributed by atoms with van der Waals surface area (Å²) < 4.78 is 6.50. The Kier molecular flexibility index (Phi) is 3.87. The fourth-order valence-corrected chi connectivity index (χ4v) is 3.44. The molecule has 8 heteroatoms. The van der Waals surface area contributed by atoms with Gasteiger partial charge < -0.3 is 9.52 Å². The van der Waals surface area contributed by atoms with E-state index in [4.69, 9.17) is 16.0 Å². The second-order valence-electron chi connectivity index (χ2n) is 5.15. The summed E-state index contributed by atoms with van der Waals surface area (Å²) in [5.41, 5.74) is 0.754. The van der Waals surface area contributed by atoms with Crippen LogP contribution in [0.5, 0.6) is 5.75 Å². The second-order valence-corrected chi connectivity index (χ2v) is 6.44. The smallest absolute Gasteiger partial charge is 0.283 e. The number of phenolic OH excluding ortho intramolecular Hbond substituents is 1. The highest BCUT2D eigenvalue weighted by molar-refractivity contribution is 7.17. The van der Waals surface area contributed by atoms with Crippen LogP contribution in [0.15, 0.2) is 62.6 Å². The predicted octanol–water partition coefficient (Wildman–Crippen LogP) is 3.96. The first kappa shape index (κ1) is 15.6. The molecule has 0 spiro atoms. The van der Waals surface area contributed by atoms with Gasteiger partial charge >= 0.3 is 0 Å². The van der Waals surface area contributed by atoms with Gasteiger partial charge in [0.25, 0.3) is 5.56 Å². The van der Waals surface area contributed by atoms with Crippen molar-refractivity contribution in [1.82, 2.24) is 9.66 Å². The van der Waals surface area contributed by atoms with Gasteiger partial charge in [0.1, 0.15) is 22.7 Å². The number of aromatic hydroxyl groups is 1. The minimum atomic E-state index is -0.324. The number of furan rings is 1. The summed E-state index contributed by atoms with van der Waals surface area (Å²) in [5, 5.41) is 16.7. The Morgan fingerprint density at radius 3 is 3.04 bits per heavy atom. The quantitative estimate of drug-likeness (QED) is 0.553. The van der Waals surface area contributed by atoms with Gasteiger partial charge in [0.15, 0.2) is 0 Å². The van der Waals surface area contributed by atoms with Crippen LogP contribution in [-0.4, -0.2) is 21.0 Å². The molecule has 3 heterocycles. The molecule has 4 aromatic rings. The van der Waals surface area contributed by atoms with E-state index < -0.39 is 0 Å². The fourth-order valence-electron chi connectivity index (χ4n) is 2.37. The SMILES string of the molecule is O=c1c2c(-c3ccco3)csc2ncn1/N=C/c1cc(Cl)ccc1O. The van der Waals surface area contributed by atoms with Crippen molar-refractivity contribution >= 4 is 39.4 Å². The van der Waals surface area contributed by atoms with Gasteiger partial charge in [-0.3, -0.25) is 4.79 Å². The molecule has 0 aliphatic heterocycles. The number of aromatic nitrogens is 2. The summed E-state index contributed by atoms with van der Waals surface area (Å²) in [5.74, 6) is 0.612. The molecule has 0 aliphatic rings. The normalized spacial score (nSPS) is 11.6. The van der Waals surface area contributed by atoms with E-state index in [9.17, 15) is 9.90 Å². The zero-order valence-corrected chi connectivity index (χ0v) is 14.2. The minimum absolute atomic E-state index is 0.0158. The summed E-state index contributed by atoms with van der Waals surface area (Å²) in [4.78, 5) is 17.6. The molecular weight excluding hydrogens is 362 g/mol. The van der Waals surface area contributed by atoms with E-state index in [2.05, 4.69) is 10.1 Å². The number of fused-ring (bicyclic) bond motifs is 1. The number of benzene rings is 1. The fraction of sp³-hybridized carbons (Fsp3) is 0. The summed E-state index contributed by atoms with van der Waals surface area (Å²) in [6, 6.07) is 8.12. The average molecular weight is 372 g/mol. The van der Waals surface area contributed by atoms with Crippen molar-refractivity contribution in [2.75, 3.05) is 0 Å². The molecule has 6 nitrogen and oxygen atoms in total. The minimum Gasteiger partial charge on any atom is -0.507 e. The van der Waals surface area contributed by atoms with Gasteiger partial charge in [-0.2, -0.15) is 9.78 Å². The number of rotatable bonds is 3. The molecule has 0 aliphatic carbocycles. The molecule has 3 aromatic heterocycles. The molecule has 0 bridgehead atoms. The predicted molar refractivity (Wildman–Crippen MR) is 97.7 cm³/mol. The van der Waals surface area contributed by atoms with Crippen LogP contribution in [0.4, 0.5) is 0 Å². The summed E-state index contributed by atoms with van der Waals surface area (Å²) >= 11 is 7.27. The molecule has 0 fully saturated rings. The van der Waals surface area contributed by atoms with E-state index in [1.807, 2.05) is 5.38 Å². The molecule has 0 atom stereocenters. The first-order valence-corrected chi connectivity index (χ1v) is 8.45. The maximum absolute atomic E-state index is 12.8. The summed E-state index contributed by atoms with van der Waals surface area (Å²) in [6.45, 7) is 0. The van der Waals surface area contributed by atoms with Crippen molar-refractivity contribution in [3.8, 4) is 17.1 Å². The van der Waals surface area contributed by atoms with Crippen molar-refractivity contribution in [1.29, 1.82) is 0 Å². The van der Waals surface area contributed by atoms with Crippen LogP contribution in [0.3, 0.4) is 0 Å². The molecule has 1 aromatic carbocycles. The molecule has 0 saturated carbocycles. The third-order valence-corrected chi connectivity index (χ3v) is 4.70. The highest BCUT2D eigenvalue weighted by Crippen LogP contribution is 2.30. The lowest BCUT2D eigenvalue weighted by atomic mass is 10.2. The van der Waals surface area contributed by atoms with Gasteiger partial charge in [-0.1, -0.05) is 11.6 Å². The first-order chi connectivity index (χ1) is 12.1. The standard InChI is InChI=1S/C17H10ClN3O3S/c18-11-3-4-13(22)10(6-11)7-20-21-9-19-16-15(17(21)23)12(8-25-16)14-2-1-5-24-14/h1-9,22H/b20-7+. The van der Waals surface area contributed by atoms with Crippen molar-refractivity contribution in [2.24, 2.45) is 5.10 Å². The Morgan fingerprint density at radius 2 is 2.24 bits per heavy atom. The van der Waals surface area contributed by atoms with E-state index in [1.165, 1.54) is 29.9 Å². The average Bonchev–Trinajstić information content (AvgIpc) is 3.26. The number of thiophene rings is 1. The van der Waals surface area contributed by atoms with E-state index in [0.717, 1.165) is 4.68 Å². The third-order valence-electron chi connectivity index (χ3n) is 3.58. The van der Waals surface area contributed by atoms with Gasteiger partial charge in [0, 0.05) is 21.5 Å². The lowest BCUT2D eigenvalue weighted by Gasteiger charge is -2.01. The molecule has 124 valence electrons. The van der Waals surface area contributed by atoms with Crippen LogP contribution in [0.2, 0.25) is 5.02 Å². The Morgan fingerprint density at radius 1 is 1.36 bits per heavy atom. The Balaban J connectivity index is 1.82.